The van der Waals surface area contributed by atoms with Crippen LogP contribution in [-0.4, -0.2) is 44.6 Å². The van der Waals surface area contributed by atoms with Crippen molar-refractivity contribution in [2.45, 2.75) is 56.7 Å². The fourth-order valence-electron chi connectivity index (χ4n) is 4.16. The summed E-state index contributed by atoms with van der Waals surface area (Å²) in [7, 11) is 1.65. The molecule has 0 radical (unpaired) electrons. The number of H-pyrrole nitrogens is 1. The molecule has 0 bridgehead atoms. The van der Waals surface area contributed by atoms with Crippen molar-refractivity contribution in [3.8, 4) is 17.1 Å². The van der Waals surface area contributed by atoms with Gasteiger partial charge in [0.2, 0.25) is 0 Å². The van der Waals surface area contributed by atoms with E-state index in [-0.39, 0.29) is 16.9 Å². The Morgan fingerprint density at radius 2 is 2.09 bits per heavy atom. The molecule has 1 aliphatic rings. The number of hydrogen-bond donors (Lipinski definition) is 1. The molecule has 1 aromatic carbocycles. The zero-order valence-corrected chi connectivity index (χ0v) is 21.3. The summed E-state index contributed by atoms with van der Waals surface area (Å²) in [4.78, 5) is 22.4. The summed E-state index contributed by atoms with van der Waals surface area (Å²) in [5, 5.41) is 10.4. The molecule has 4 heterocycles. The number of benzene rings is 1. The van der Waals surface area contributed by atoms with E-state index in [1.807, 2.05) is 45.0 Å². The van der Waals surface area contributed by atoms with E-state index in [1.54, 1.807) is 18.4 Å². The predicted molar refractivity (Wildman–Crippen MR) is 135 cm³/mol. The summed E-state index contributed by atoms with van der Waals surface area (Å²) in [6, 6.07) is 7.82. The van der Waals surface area contributed by atoms with E-state index in [1.165, 1.54) is 11.8 Å². The molecule has 8 nitrogen and oxygen atoms in total. The van der Waals surface area contributed by atoms with Gasteiger partial charge in [0.1, 0.15) is 16.4 Å². The zero-order valence-electron chi connectivity index (χ0n) is 19.6. The molecule has 0 unspecified atom stereocenters. The van der Waals surface area contributed by atoms with Crippen LogP contribution in [0.5, 0.6) is 5.75 Å². The maximum atomic E-state index is 12.8. The van der Waals surface area contributed by atoms with Crippen LogP contribution >= 0.6 is 23.1 Å². The molecule has 0 amide bonds. The fraction of sp³-hybridized carbons (Fsp3) is 0.417. The second-order valence-electron chi connectivity index (χ2n) is 8.45. The number of hydrogen-bond acceptors (Lipinski definition) is 8. The first kappa shape index (κ1) is 23.1. The number of aromatic amines is 1. The summed E-state index contributed by atoms with van der Waals surface area (Å²) in [5.74, 6) is 2.22. The molecular formula is C24H27N5O3S2. The van der Waals surface area contributed by atoms with Crippen LogP contribution in [0.1, 0.15) is 41.3 Å². The van der Waals surface area contributed by atoms with Crippen molar-refractivity contribution in [2.24, 2.45) is 0 Å². The maximum absolute atomic E-state index is 12.8. The van der Waals surface area contributed by atoms with Crippen molar-refractivity contribution >= 4 is 33.3 Å². The lowest BCUT2D eigenvalue weighted by Crippen LogP contribution is -2.17. The lowest BCUT2D eigenvalue weighted by atomic mass is 10.2. The van der Waals surface area contributed by atoms with Crippen molar-refractivity contribution in [1.29, 1.82) is 0 Å². The Morgan fingerprint density at radius 3 is 2.79 bits per heavy atom. The maximum Gasteiger partial charge on any atom is 0.259 e. The first-order chi connectivity index (χ1) is 16.4. The van der Waals surface area contributed by atoms with Gasteiger partial charge in [0.05, 0.1) is 30.4 Å². The number of ether oxygens (including phenoxy) is 2. The van der Waals surface area contributed by atoms with Gasteiger partial charge in [0, 0.05) is 17.0 Å². The van der Waals surface area contributed by atoms with Crippen LogP contribution in [0.3, 0.4) is 0 Å². The highest BCUT2D eigenvalue weighted by atomic mass is 32.2. The van der Waals surface area contributed by atoms with Gasteiger partial charge in [-0.05, 0) is 63.4 Å². The van der Waals surface area contributed by atoms with Gasteiger partial charge in [0.25, 0.3) is 5.56 Å². The molecule has 178 valence electrons. The van der Waals surface area contributed by atoms with E-state index in [0.29, 0.717) is 17.8 Å². The van der Waals surface area contributed by atoms with E-state index in [0.717, 1.165) is 57.0 Å². The lowest BCUT2D eigenvalue weighted by Gasteiger charge is -2.16. The number of nitrogens with one attached hydrogen (secondary N) is 1. The van der Waals surface area contributed by atoms with Crippen molar-refractivity contribution in [3.63, 3.8) is 0 Å². The molecule has 1 aliphatic heterocycles. The molecule has 10 heteroatoms. The van der Waals surface area contributed by atoms with Gasteiger partial charge in [-0.25, -0.2) is 4.98 Å². The molecule has 34 heavy (non-hydrogen) atoms. The first-order valence-electron chi connectivity index (χ1n) is 11.3. The Labute approximate surface area is 205 Å². The molecule has 1 saturated heterocycles. The molecule has 0 spiro atoms. The molecule has 4 aromatic rings. The van der Waals surface area contributed by atoms with E-state index in [9.17, 15) is 4.79 Å². The predicted octanol–water partition coefficient (Wildman–Crippen LogP) is 4.90. The Kier molecular flexibility index (Phi) is 6.46. The van der Waals surface area contributed by atoms with Crippen LogP contribution in [0, 0.1) is 13.8 Å². The quantitative estimate of drug-likeness (QED) is 0.363. The molecule has 2 atom stereocenters. The van der Waals surface area contributed by atoms with E-state index in [2.05, 4.69) is 19.7 Å². The minimum absolute atomic E-state index is 0.0888. The average molecular weight is 498 g/mol. The number of methoxy groups -OCH3 is 1. The van der Waals surface area contributed by atoms with Crippen molar-refractivity contribution < 1.29 is 9.47 Å². The Hall–Kier alpha value is -2.69. The number of thioether (sulfide) groups is 1. The Balaban J connectivity index is 1.48. The summed E-state index contributed by atoms with van der Waals surface area (Å²) in [6.07, 6.45) is 2.21. The summed E-state index contributed by atoms with van der Waals surface area (Å²) in [5.41, 5.74) is 1.87. The van der Waals surface area contributed by atoms with Crippen LogP contribution in [0.25, 0.3) is 21.6 Å². The molecule has 3 aromatic heterocycles. The zero-order chi connectivity index (χ0) is 23.8. The standard InChI is InChI=1S/C24H27N5O3S2/c1-13-14(2)33-23-19(13)22(30)25-20(26-23)15(3)34-24-28-27-21(16-7-9-17(31-4)10-8-16)29(24)12-18-6-5-11-32-18/h7-10,15,18H,5-6,11-12H2,1-4H3,(H,25,26,30)/t15-,18+/m0/s1. The second kappa shape index (κ2) is 9.52. The van der Waals surface area contributed by atoms with Gasteiger partial charge in [-0.15, -0.1) is 21.5 Å². The van der Waals surface area contributed by atoms with E-state index in [4.69, 9.17) is 14.5 Å². The van der Waals surface area contributed by atoms with Crippen molar-refractivity contribution in [3.05, 3.63) is 50.9 Å². The molecule has 5 rings (SSSR count). The molecule has 0 saturated carbocycles. The molecule has 1 fully saturated rings. The SMILES string of the molecule is COc1ccc(-c2nnc(S[C@@H](C)c3nc4sc(C)c(C)c4c(=O)[nH]3)n2C[C@H]2CCCO2)cc1. The second-order valence-corrected chi connectivity index (χ2v) is 11.0. The van der Waals surface area contributed by atoms with Crippen LogP contribution in [0.4, 0.5) is 0 Å². The molecule has 0 aliphatic carbocycles. The van der Waals surface area contributed by atoms with Crippen LogP contribution < -0.4 is 10.3 Å². The number of nitrogens with zero attached hydrogens (tertiary/aromatic N) is 4. The minimum Gasteiger partial charge on any atom is -0.497 e. The van der Waals surface area contributed by atoms with E-state index < -0.39 is 0 Å². The normalized spacial score (nSPS) is 16.9. The third-order valence-electron chi connectivity index (χ3n) is 6.20. The molecule has 1 N–H and O–H groups in total. The summed E-state index contributed by atoms with van der Waals surface area (Å²) >= 11 is 3.10. The minimum atomic E-state index is -0.115. The Bertz CT molecular complexity index is 1370. The van der Waals surface area contributed by atoms with Gasteiger partial charge in [-0.2, -0.15) is 0 Å². The lowest BCUT2D eigenvalue weighted by molar-refractivity contribution is 0.0953. The van der Waals surface area contributed by atoms with Crippen LogP contribution in [0.2, 0.25) is 0 Å². The van der Waals surface area contributed by atoms with Gasteiger partial charge < -0.3 is 14.5 Å². The number of thiophene rings is 1. The van der Waals surface area contributed by atoms with Crippen LogP contribution in [0.15, 0.2) is 34.2 Å². The highest BCUT2D eigenvalue weighted by Gasteiger charge is 2.24. The van der Waals surface area contributed by atoms with E-state index >= 15 is 0 Å². The number of aryl methyl sites for hydroxylation is 2. The molecular weight excluding hydrogens is 470 g/mol. The highest BCUT2D eigenvalue weighted by molar-refractivity contribution is 7.99. The van der Waals surface area contributed by atoms with Gasteiger partial charge in [-0.1, -0.05) is 11.8 Å². The van der Waals surface area contributed by atoms with Gasteiger partial charge in [0.15, 0.2) is 11.0 Å². The smallest absolute Gasteiger partial charge is 0.259 e. The summed E-state index contributed by atoms with van der Waals surface area (Å²) < 4.78 is 13.3. The van der Waals surface area contributed by atoms with Gasteiger partial charge >= 0.3 is 0 Å². The number of rotatable bonds is 7. The van der Waals surface area contributed by atoms with Crippen molar-refractivity contribution in [1.82, 2.24) is 24.7 Å². The van der Waals surface area contributed by atoms with Crippen LogP contribution in [-0.2, 0) is 11.3 Å². The largest absolute Gasteiger partial charge is 0.497 e. The summed E-state index contributed by atoms with van der Waals surface area (Å²) in [6.45, 7) is 7.48. The van der Waals surface area contributed by atoms with Gasteiger partial charge in [-0.3, -0.25) is 9.36 Å². The average Bonchev–Trinajstić information content (AvgIpc) is 3.55. The third kappa shape index (κ3) is 4.37. The number of fused-ring (bicyclic) bond motifs is 1. The highest BCUT2D eigenvalue weighted by Crippen LogP contribution is 2.36. The monoisotopic (exact) mass is 497 g/mol. The first-order valence-corrected chi connectivity index (χ1v) is 13.0. The fourth-order valence-corrected chi connectivity index (χ4v) is 6.12. The van der Waals surface area contributed by atoms with Crippen molar-refractivity contribution in [2.75, 3.05) is 13.7 Å². The number of aromatic nitrogens is 5. The topological polar surface area (TPSA) is 94.9 Å². The third-order valence-corrected chi connectivity index (χ3v) is 8.39. The Morgan fingerprint density at radius 1 is 1.29 bits per heavy atom.